The second-order valence-electron chi connectivity index (χ2n) is 20.6. The number of allylic oxidation sites excluding steroid dienone is 18. The van der Waals surface area contributed by atoms with Gasteiger partial charge in [-0.2, -0.15) is 0 Å². The van der Waals surface area contributed by atoms with Gasteiger partial charge in [0.1, 0.15) is 13.2 Å². The Hall–Kier alpha value is -3.93. The molecule has 1 atom stereocenters. The molecular weight excluding hydrogens is 925 g/mol. The molecular formula is C69H116O6. The molecule has 0 rings (SSSR count). The van der Waals surface area contributed by atoms with Gasteiger partial charge in [-0.3, -0.25) is 14.4 Å². The van der Waals surface area contributed by atoms with Crippen molar-refractivity contribution in [2.24, 2.45) is 0 Å². The first-order valence-corrected chi connectivity index (χ1v) is 31.4. The van der Waals surface area contributed by atoms with Crippen molar-refractivity contribution in [2.45, 2.75) is 297 Å². The highest BCUT2D eigenvalue weighted by atomic mass is 16.6. The van der Waals surface area contributed by atoms with Crippen LogP contribution in [-0.2, 0) is 28.6 Å². The molecule has 0 heterocycles. The summed E-state index contributed by atoms with van der Waals surface area (Å²) in [5.41, 5.74) is 0. The zero-order valence-electron chi connectivity index (χ0n) is 49.0. The van der Waals surface area contributed by atoms with Crippen LogP contribution in [0.2, 0.25) is 0 Å². The lowest BCUT2D eigenvalue weighted by Gasteiger charge is -2.18. The minimum Gasteiger partial charge on any atom is -0.462 e. The molecule has 0 amide bonds. The van der Waals surface area contributed by atoms with Gasteiger partial charge in [-0.05, 0) is 103 Å². The fourth-order valence-corrected chi connectivity index (χ4v) is 8.58. The van der Waals surface area contributed by atoms with Crippen molar-refractivity contribution in [1.82, 2.24) is 0 Å². The minimum absolute atomic E-state index is 0.0894. The van der Waals surface area contributed by atoms with E-state index < -0.39 is 6.10 Å². The number of rotatable bonds is 56. The number of unbranched alkanes of at least 4 members (excludes halogenated alkanes) is 27. The Bertz CT molecular complexity index is 1520. The summed E-state index contributed by atoms with van der Waals surface area (Å²) < 4.78 is 16.9. The summed E-state index contributed by atoms with van der Waals surface area (Å²) in [4.78, 5) is 38.2. The maximum atomic E-state index is 12.9. The van der Waals surface area contributed by atoms with Crippen molar-refractivity contribution >= 4 is 17.9 Å². The molecule has 0 aromatic rings. The van der Waals surface area contributed by atoms with E-state index in [1.165, 1.54) is 109 Å². The third-order valence-electron chi connectivity index (χ3n) is 13.2. The summed E-state index contributed by atoms with van der Waals surface area (Å²) in [5.74, 6) is -0.918. The van der Waals surface area contributed by atoms with Gasteiger partial charge in [0.15, 0.2) is 6.10 Å². The van der Waals surface area contributed by atoms with E-state index in [4.69, 9.17) is 14.2 Å². The molecule has 6 heteroatoms. The number of hydrogen-bond donors (Lipinski definition) is 0. The first-order chi connectivity index (χ1) is 37.0. The smallest absolute Gasteiger partial charge is 0.306 e. The summed E-state index contributed by atoms with van der Waals surface area (Å²) in [7, 11) is 0. The summed E-state index contributed by atoms with van der Waals surface area (Å²) in [6.07, 6.45) is 85.3. The van der Waals surface area contributed by atoms with Gasteiger partial charge in [-0.25, -0.2) is 0 Å². The number of hydrogen-bond acceptors (Lipinski definition) is 6. The van der Waals surface area contributed by atoms with Gasteiger partial charge < -0.3 is 14.2 Å². The average Bonchev–Trinajstić information content (AvgIpc) is 3.41. The minimum atomic E-state index is -0.792. The van der Waals surface area contributed by atoms with Crippen molar-refractivity contribution in [2.75, 3.05) is 13.2 Å². The third kappa shape index (κ3) is 60.8. The zero-order chi connectivity index (χ0) is 54.3. The van der Waals surface area contributed by atoms with Gasteiger partial charge >= 0.3 is 17.9 Å². The van der Waals surface area contributed by atoms with Gasteiger partial charge in [0, 0.05) is 19.3 Å². The van der Waals surface area contributed by atoms with Crippen molar-refractivity contribution < 1.29 is 28.6 Å². The lowest BCUT2D eigenvalue weighted by atomic mass is 10.0. The maximum Gasteiger partial charge on any atom is 0.306 e. The molecule has 0 aliphatic carbocycles. The van der Waals surface area contributed by atoms with Crippen molar-refractivity contribution in [3.63, 3.8) is 0 Å². The van der Waals surface area contributed by atoms with E-state index in [-0.39, 0.29) is 31.1 Å². The number of carbonyl (C=O) groups is 3. The maximum absolute atomic E-state index is 12.9. The number of ether oxygens (including phenoxy) is 3. The Labute approximate surface area is 463 Å². The fourth-order valence-electron chi connectivity index (χ4n) is 8.58. The molecule has 428 valence electrons. The first kappa shape index (κ1) is 71.1. The van der Waals surface area contributed by atoms with E-state index in [1.54, 1.807) is 0 Å². The molecule has 0 N–H and O–H groups in total. The molecule has 0 saturated carbocycles. The Balaban J connectivity index is 4.31. The van der Waals surface area contributed by atoms with Crippen LogP contribution in [0.15, 0.2) is 109 Å². The summed E-state index contributed by atoms with van der Waals surface area (Å²) >= 11 is 0. The van der Waals surface area contributed by atoms with Crippen molar-refractivity contribution in [3.8, 4) is 0 Å². The third-order valence-corrected chi connectivity index (χ3v) is 13.2. The van der Waals surface area contributed by atoms with E-state index in [0.29, 0.717) is 19.3 Å². The standard InChI is InChI=1S/C69H116O6/c1-4-7-10-13-16-19-22-24-26-28-30-31-32-33-34-35-36-37-38-39-40-42-43-45-47-50-53-56-59-62-68(71)74-65-66(64-73-67(70)61-58-55-52-49-21-18-15-12-9-6-3)75-69(72)63-60-57-54-51-48-46-44-41-29-27-25-23-20-17-14-11-8-5-2/h7,10,12,15-16,19,24,26,30-31,33-34,36-37,39-40,43,45,66H,4-6,8-9,11,13-14,17-18,20-23,25,27-29,32,35,38,41-42,44,46-65H2,1-3H3/b10-7-,15-12-,19-16-,26-24-,31-30-,34-33-,37-36-,40-39-,45-43-. The number of carbonyl (C=O) groups excluding carboxylic acids is 3. The molecule has 0 aliphatic rings. The molecule has 0 bridgehead atoms. The number of esters is 3. The van der Waals surface area contributed by atoms with E-state index >= 15 is 0 Å². The van der Waals surface area contributed by atoms with Crippen LogP contribution in [-0.4, -0.2) is 37.2 Å². The van der Waals surface area contributed by atoms with E-state index in [1.807, 2.05) is 0 Å². The first-order valence-electron chi connectivity index (χ1n) is 31.4. The van der Waals surface area contributed by atoms with Gasteiger partial charge in [-0.15, -0.1) is 0 Å². The molecule has 1 unspecified atom stereocenters. The van der Waals surface area contributed by atoms with E-state index in [0.717, 1.165) is 141 Å². The van der Waals surface area contributed by atoms with Crippen LogP contribution < -0.4 is 0 Å². The molecule has 0 fully saturated rings. The van der Waals surface area contributed by atoms with Gasteiger partial charge in [-0.1, -0.05) is 278 Å². The molecule has 6 nitrogen and oxygen atoms in total. The normalized spacial score (nSPS) is 12.8. The van der Waals surface area contributed by atoms with Gasteiger partial charge in [0.25, 0.3) is 0 Å². The van der Waals surface area contributed by atoms with Crippen molar-refractivity contribution in [3.05, 3.63) is 109 Å². The van der Waals surface area contributed by atoms with Crippen LogP contribution in [0, 0.1) is 0 Å². The highest BCUT2D eigenvalue weighted by Crippen LogP contribution is 2.16. The van der Waals surface area contributed by atoms with Crippen LogP contribution in [0.5, 0.6) is 0 Å². The predicted molar refractivity (Wildman–Crippen MR) is 325 cm³/mol. The quantitative estimate of drug-likeness (QED) is 0.0261. The summed E-state index contributed by atoms with van der Waals surface area (Å²) in [5, 5.41) is 0. The van der Waals surface area contributed by atoms with E-state index in [2.05, 4.69) is 130 Å². The molecule has 0 spiro atoms. The Morgan fingerprint density at radius 2 is 0.547 bits per heavy atom. The van der Waals surface area contributed by atoms with Crippen LogP contribution >= 0.6 is 0 Å². The SMILES string of the molecule is CC/C=C\C/C=C\C/C=C\C/C=C\C/C=C\C/C=C\C/C=C\C/C=C\CCCCCCC(=O)OCC(COC(=O)CCCCCCC/C=C\CCC)OC(=O)CCCCCCCCCCCCCCCCCCCC. The summed E-state index contributed by atoms with van der Waals surface area (Å²) in [6, 6.07) is 0. The lowest BCUT2D eigenvalue weighted by Crippen LogP contribution is -2.30. The molecule has 75 heavy (non-hydrogen) atoms. The lowest BCUT2D eigenvalue weighted by molar-refractivity contribution is -0.167. The van der Waals surface area contributed by atoms with Crippen LogP contribution in [0.1, 0.15) is 290 Å². The fraction of sp³-hybridized carbons (Fsp3) is 0.696. The Morgan fingerprint density at radius 1 is 0.280 bits per heavy atom. The molecule has 0 aromatic heterocycles. The Kier molecular flexibility index (Phi) is 59.3. The molecule has 0 radical (unpaired) electrons. The molecule has 0 aromatic carbocycles. The second kappa shape index (κ2) is 62.6. The average molecular weight is 1040 g/mol. The van der Waals surface area contributed by atoms with E-state index in [9.17, 15) is 14.4 Å². The largest absolute Gasteiger partial charge is 0.462 e. The highest BCUT2D eigenvalue weighted by Gasteiger charge is 2.19. The predicted octanol–water partition coefficient (Wildman–Crippen LogP) is 21.4. The Morgan fingerprint density at radius 3 is 0.880 bits per heavy atom. The van der Waals surface area contributed by atoms with Crippen LogP contribution in [0.3, 0.4) is 0 Å². The topological polar surface area (TPSA) is 78.9 Å². The highest BCUT2D eigenvalue weighted by molar-refractivity contribution is 5.71. The van der Waals surface area contributed by atoms with Gasteiger partial charge in [0.2, 0.25) is 0 Å². The van der Waals surface area contributed by atoms with Crippen LogP contribution in [0.4, 0.5) is 0 Å². The second-order valence-corrected chi connectivity index (χ2v) is 20.6. The van der Waals surface area contributed by atoms with Crippen molar-refractivity contribution in [1.29, 1.82) is 0 Å². The van der Waals surface area contributed by atoms with Crippen LogP contribution in [0.25, 0.3) is 0 Å². The summed E-state index contributed by atoms with van der Waals surface area (Å²) in [6.45, 7) is 6.46. The zero-order valence-corrected chi connectivity index (χ0v) is 49.0. The monoisotopic (exact) mass is 1040 g/mol. The molecule has 0 saturated heterocycles. The van der Waals surface area contributed by atoms with Gasteiger partial charge in [0.05, 0.1) is 0 Å². The molecule has 0 aliphatic heterocycles.